The SMILES string of the molecule is CCc1c(F)ccc2cc(O)cc(-c3ncc4c(N5CCC[C@@](C)(O)C5)nc(OC5CCN(C6CCN(CC7CCN(c8ccc(-n9ccc(=O)[nH]c9=O)cc8F)CC7)CC6)CC5)nc4c3F)c12. The van der Waals surface area contributed by atoms with E-state index in [1.165, 1.54) is 47.3 Å². The molecule has 0 spiro atoms. The number of likely N-dealkylation sites (tertiary alicyclic amines) is 2. The summed E-state index contributed by atoms with van der Waals surface area (Å²) in [6, 6.07) is 12.4. The number of aryl methyl sites for hydroxylation is 1. The third-order valence-electron chi connectivity index (χ3n) is 14.7. The van der Waals surface area contributed by atoms with E-state index in [0.29, 0.717) is 83.2 Å². The molecule has 0 unspecified atom stereocenters. The van der Waals surface area contributed by atoms with Crippen molar-refractivity contribution in [3.63, 3.8) is 0 Å². The summed E-state index contributed by atoms with van der Waals surface area (Å²) in [6.07, 6.45) is 9.99. The number of pyridine rings is 1. The number of nitrogens with zero attached hydrogens (tertiary/aromatic N) is 8. The topological polar surface area (TPSA) is 156 Å². The fourth-order valence-electron chi connectivity index (χ4n) is 11.2. The van der Waals surface area contributed by atoms with Crippen LogP contribution < -0.4 is 25.8 Å². The Kier molecular flexibility index (Phi) is 12.6. The van der Waals surface area contributed by atoms with Crippen LogP contribution in [0, 0.1) is 23.4 Å². The standard InChI is InChI=1S/C51H58F3N9O5/c1-3-37-40(52)7-5-32-25-35(64)27-38(44(32)37)46-45(54)47-39(28-55-46)48(62-17-4-16-51(2,67)30-62)58-49(57-47)68-36-13-22-60(23-14-36)33-11-18-59(19-12-33)29-31-9-20-61(21-10-31)42-8-6-34(26-41(42)53)63-24-15-43(65)56-50(63)66/h5-8,15,24-28,31,33,36,64,67H,3-4,9-14,16-23,29-30H2,1-2H3,(H,56,65,66)/t51-/m1/s1. The van der Waals surface area contributed by atoms with Crippen LogP contribution in [0.4, 0.5) is 24.7 Å². The number of H-pyrrole nitrogens is 1. The summed E-state index contributed by atoms with van der Waals surface area (Å²) in [5.74, 6) is -0.678. The molecule has 17 heteroatoms. The van der Waals surface area contributed by atoms with Crippen LogP contribution in [0.3, 0.4) is 0 Å². The number of β-amino-alcohol motifs (C(OH)–C–C–N with tert-alkyl or cyclic N) is 1. The average molecular weight is 934 g/mol. The molecular weight excluding hydrogens is 876 g/mol. The number of aromatic amines is 1. The van der Waals surface area contributed by atoms with Crippen molar-refractivity contribution in [2.75, 3.05) is 68.7 Å². The maximum Gasteiger partial charge on any atom is 0.332 e. The minimum Gasteiger partial charge on any atom is -0.508 e. The summed E-state index contributed by atoms with van der Waals surface area (Å²) in [5.41, 5.74) is -0.594. The van der Waals surface area contributed by atoms with Gasteiger partial charge in [-0.1, -0.05) is 13.0 Å². The zero-order chi connectivity index (χ0) is 47.3. The lowest BCUT2D eigenvalue weighted by Crippen LogP contribution is -2.50. The lowest BCUT2D eigenvalue weighted by molar-refractivity contribution is 0.0410. The average Bonchev–Trinajstić information content (AvgIpc) is 3.32. The van der Waals surface area contributed by atoms with Gasteiger partial charge in [-0.15, -0.1) is 0 Å². The van der Waals surface area contributed by atoms with E-state index in [4.69, 9.17) is 9.72 Å². The number of phenols is 1. The quantitative estimate of drug-likeness (QED) is 0.130. The molecule has 4 saturated heterocycles. The van der Waals surface area contributed by atoms with E-state index in [1.54, 1.807) is 25.1 Å². The summed E-state index contributed by atoms with van der Waals surface area (Å²) in [6.45, 7) is 10.8. The van der Waals surface area contributed by atoms with Gasteiger partial charge in [0.15, 0.2) is 5.82 Å². The van der Waals surface area contributed by atoms with Gasteiger partial charge in [0.05, 0.1) is 22.4 Å². The molecule has 1 atom stereocenters. The Morgan fingerprint density at radius 3 is 2.37 bits per heavy atom. The van der Waals surface area contributed by atoms with Crippen LogP contribution in [0.1, 0.15) is 70.8 Å². The van der Waals surface area contributed by atoms with E-state index in [0.717, 1.165) is 84.3 Å². The van der Waals surface area contributed by atoms with E-state index in [1.807, 2.05) is 11.8 Å². The maximum atomic E-state index is 17.1. The third kappa shape index (κ3) is 9.27. The van der Waals surface area contributed by atoms with Gasteiger partial charge in [0.1, 0.15) is 40.5 Å². The van der Waals surface area contributed by atoms with Crippen molar-refractivity contribution in [3.05, 3.63) is 105 Å². The first kappa shape index (κ1) is 45.7. The fourth-order valence-corrected chi connectivity index (χ4v) is 11.2. The first-order valence-electron chi connectivity index (χ1n) is 24.1. The van der Waals surface area contributed by atoms with Crippen LogP contribution in [-0.2, 0) is 6.42 Å². The van der Waals surface area contributed by atoms with Gasteiger partial charge >= 0.3 is 11.7 Å². The molecule has 0 aliphatic carbocycles. The second kappa shape index (κ2) is 18.8. The summed E-state index contributed by atoms with van der Waals surface area (Å²) < 4.78 is 55.3. The number of hydrogen-bond donors (Lipinski definition) is 3. The zero-order valence-corrected chi connectivity index (χ0v) is 38.6. The predicted molar refractivity (Wildman–Crippen MR) is 256 cm³/mol. The monoisotopic (exact) mass is 933 g/mol. The van der Waals surface area contributed by atoms with Gasteiger partial charge in [0.2, 0.25) is 0 Å². The smallest absolute Gasteiger partial charge is 0.332 e. The predicted octanol–water partition coefficient (Wildman–Crippen LogP) is 6.94. The Hall–Kier alpha value is -6.04. The molecule has 3 aromatic heterocycles. The molecule has 0 radical (unpaired) electrons. The van der Waals surface area contributed by atoms with Gasteiger partial charge in [-0.3, -0.25) is 19.3 Å². The molecule has 10 rings (SSSR count). The number of anilines is 2. The number of nitrogens with one attached hydrogen (secondary N) is 1. The van der Waals surface area contributed by atoms with Crippen LogP contribution in [0.2, 0.25) is 0 Å². The summed E-state index contributed by atoms with van der Waals surface area (Å²) in [4.78, 5) is 49.2. The van der Waals surface area contributed by atoms with E-state index in [9.17, 15) is 19.8 Å². The molecule has 0 bridgehead atoms. The molecule has 4 aliphatic heterocycles. The number of aromatic nitrogens is 5. The number of hydrogen-bond acceptors (Lipinski definition) is 12. The van der Waals surface area contributed by atoms with Crippen LogP contribution in [0.25, 0.3) is 38.6 Å². The molecule has 4 fully saturated rings. The van der Waals surface area contributed by atoms with Crippen molar-refractivity contribution in [2.45, 2.75) is 89.4 Å². The van der Waals surface area contributed by atoms with Gasteiger partial charge in [-0.2, -0.15) is 9.97 Å². The molecule has 3 N–H and O–H groups in total. The molecule has 3 aromatic carbocycles. The molecule has 0 saturated carbocycles. The molecular formula is C51H58F3N9O5. The number of rotatable bonds is 10. The summed E-state index contributed by atoms with van der Waals surface area (Å²) in [7, 11) is 0. The summed E-state index contributed by atoms with van der Waals surface area (Å²) >= 11 is 0. The zero-order valence-electron chi connectivity index (χ0n) is 38.6. The summed E-state index contributed by atoms with van der Waals surface area (Å²) in [5, 5.41) is 23.2. The van der Waals surface area contributed by atoms with Crippen LogP contribution in [-0.4, -0.2) is 121 Å². The van der Waals surface area contributed by atoms with Crippen molar-refractivity contribution in [3.8, 4) is 28.7 Å². The highest BCUT2D eigenvalue weighted by Gasteiger charge is 2.34. The number of piperidine rings is 4. The Balaban J connectivity index is 0.773. The fraction of sp³-hybridized carbons (Fsp3) is 0.471. The van der Waals surface area contributed by atoms with E-state index in [2.05, 4.69) is 29.7 Å². The second-order valence-corrected chi connectivity index (χ2v) is 19.4. The number of aliphatic hydroxyl groups is 1. The molecule has 0 amide bonds. The number of halogens is 3. The van der Waals surface area contributed by atoms with Crippen molar-refractivity contribution < 1.29 is 28.1 Å². The molecule has 7 heterocycles. The van der Waals surface area contributed by atoms with Crippen molar-refractivity contribution in [1.82, 2.24) is 34.3 Å². The van der Waals surface area contributed by atoms with E-state index >= 15 is 13.2 Å². The van der Waals surface area contributed by atoms with Crippen LogP contribution in [0.15, 0.2) is 70.5 Å². The lowest BCUT2D eigenvalue weighted by atomic mass is 9.93. The first-order chi connectivity index (χ1) is 32.8. The number of fused-ring (bicyclic) bond motifs is 2. The lowest BCUT2D eigenvalue weighted by Gasteiger charge is -2.43. The Morgan fingerprint density at radius 1 is 0.868 bits per heavy atom. The number of phenolic OH excluding ortho intramolecular Hbond substituents is 1. The number of aromatic hydroxyl groups is 1. The van der Waals surface area contributed by atoms with Crippen LogP contribution >= 0.6 is 0 Å². The Morgan fingerprint density at radius 2 is 1.65 bits per heavy atom. The molecule has 4 aliphatic rings. The molecule has 6 aromatic rings. The van der Waals surface area contributed by atoms with Crippen molar-refractivity contribution in [2.24, 2.45) is 5.92 Å². The second-order valence-electron chi connectivity index (χ2n) is 19.4. The number of ether oxygens (including phenoxy) is 1. The van der Waals surface area contributed by atoms with Gasteiger partial charge in [0, 0.05) is 81.9 Å². The van der Waals surface area contributed by atoms with Gasteiger partial charge in [-0.25, -0.2) is 18.0 Å². The Labute approximate surface area is 392 Å². The van der Waals surface area contributed by atoms with Gasteiger partial charge in [-0.05, 0) is 130 Å². The first-order valence-corrected chi connectivity index (χ1v) is 24.1. The van der Waals surface area contributed by atoms with Gasteiger partial charge < -0.3 is 34.5 Å². The minimum atomic E-state index is -0.970. The molecule has 358 valence electrons. The van der Waals surface area contributed by atoms with E-state index in [-0.39, 0.29) is 34.6 Å². The van der Waals surface area contributed by atoms with Gasteiger partial charge in [0.25, 0.3) is 5.56 Å². The Bertz CT molecular complexity index is 2960. The largest absolute Gasteiger partial charge is 0.508 e. The highest BCUT2D eigenvalue weighted by molar-refractivity contribution is 6.01. The maximum absolute atomic E-state index is 17.1. The molecule has 14 nitrogen and oxygen atoms in total. The normalized spacial score (nSPS) is 20.7. The van der Waals surface area contributed by atoms with Crippen LogP contribution in [0.5, 0.6) is 11.8 Å². The van der Waals surface area contributed by atoms with Crippen molar-refractivity contribution in [1.29, 1.82) is 0 Å². The minimum absolute atomic E-state index is 0.00434. The highest BCUT2D eigenvalue weighted by Crippen LogP contribution is 2.40. The third-order valence-corrected chi connectivity index (χ3v) is 14.7. The molecule has 68 heavy (non-hydrogen) atoms. The van der Waals surface area contributed by atoms with Crippen molar-refractivity contribution >= 4 is 33.2 Å². The number of benzene rings is 3. The highest BCUT2D eigenvalue weighted by atomic mass is 19.1. The van der Waals surface area contributed by atoms with E-state index < -0.39 is 34.3 Å².